The van der Waals surface area contributed by atoms with E-state index in [1.54, 1.807) is 0 Å². The van der Waals surface area contributed by atoms with E-state index in [-0.39, 0.29) is 0 Å². The first-order chi connectivity index (χ1) is 14.1. The fourth-order valence-corrected chi connectivity index (χ4v) is 4.08. The van der Waals surface area contributed by atoms with Crippen LogP contribution in [0.1, 0.15) is 75.9 Å². The first-order valence-electron chi connectivity index (χ1n) is 11.3. The lowest BCUT2D eigenvalue weighted by molar-refractivity contribution is -0.130. The highest BCUT2D eigenvalue weighted by molar-refractivity contribution is 5.80. The van der Waals surface area contributed by atoms with Crippen molar-refractivity contribution < 1.29 is 4.79 Å². The summed E-state index contributed by atoms with van der Waals surface area (Å²) in [6, 6.07) is 0.489. The molecule has 2 aliphatic rings. The molecule has 2 fully saturated rings. The van der Waals surface area contributed by atoms with E-state index in [4.69, 9.17) is 4.99 Å². The molecule has 1 saturated carbocycles. The van der Waals surface area contributed by atoms with Crippen LogP contribution in [0, 0.1) is 6.92 Å². The molecule has 29 heavy (non-hydrogen) atoms. The van der Waals surface area contributed by atoms with E-state index in [9.17, 15) is 4.79 Å². The molecule has 2 heterocycles. The lowest BCUT2D eigenvalue weighted by Gasteiger charge is -2.25. The maximum atomic E-state index is 12.2. The summed E-state index contributed by atoms with van der Waals surface area (Å²) in [5.41, 5.74) is 0. The molecule has 1 aromatic heterocycles. The predicted molar refractivity (Wildman–Crippen MR) is 115 cm³/mol. The maximum absolute atomic E-state index is 12.2. The van der Waals surface area contributed by atoms with Crippen LogP contribution in [0.3, 0.4) is 0 Å². The lowest BCUT2D eigenvalue weighted by Crippen LogP contribution is -2.45. The Balaban J connectivity index is 1.51. The second-order valence-electron chi connectivity index (χ2n) is 8.34. The molecular formula is C21H37N7O. The van der Waals surface area contributed by atoms with Crippen LogP contribution in [0.15, 0.2) is 4.99 Å². The number of carbonyl (C=O) groups excluding carboxylic acids is 1. The van der Waals surface area contributed by atoms with Gasteiger partial charge in [-0.3, -0.25) is 4.79 Å². The van der Waals surface area contributed by atoms with Crippen molar-refractivity contribution in [2.24, 2.45) is 12.0 Å². The Kier molecular flexibility index (Phi) is 8.31. The molecule has 0 aromatic carbocycles. The van der Waals surface area contributed by atoms with Crippen LogP contribution < -0.4 is 10.6 Å². The number of aryl methyl sites for hydroxylation is 1. The zero-order valence-corrected chi connectivity index (χ0v) is 18.1. The Morgan fingerprint density at radius 1 is 1.14 bits per heavy atom. The van der Waals surface area contributed by atoms with Crippen molar-refractivity contribution in [1.29, 1.82) is 0 Å². The highest BCUT2D eigenvalue weighted by atomic mass is 16.2. The molecule has 1 amide bonds. The van der Waals surface area contributed by atoms with Gasteiger partial charge in [-0.15, -0.1) is 10.2 Å². The van der Waals surface area contributed by atoms with Gasteiger partial charge in [0.05, 0.1) is 0 Å². The van der Waals surface area contributed by atoms with Gasteiger partial charge in [0.2, 0.25) is 5.91 Å². The number of carbonyl (C=O) groups is 1. The monoisotopic (exact) mass is 403 g/mol. The minimum atomic E-state index is 0.314. The number of nitrogens with zero attached hydrogens (tertiary/aromatic N) is 5. The SMILES string of the molecule is Cc1nnc(CN=C(NCCCN2CCCCCC2=O)NC2CCCCC2)n1C. The topological polar surface area (TPSA) is 87.4 Å². The summed E-state index contributed by atoms with van der Waals surface area (Å²) in [6.45, 7) is 4.99. The Labute approximate surface area is 174 Å². The molecule has 1 aliphatic carbocycles. The van der Waals surface area contributed by atoms with Gasteiger partial charge in [0, 0.05) is 39.1 Å². The van der Waals surface area contributed by atoms with Crippen molar-refractivity contribution in [3.63, 3.8) is 0 Å². The standard InChI is InChI=1S/C21H37N7O/c1-17-25-26-19(27(17)2)16-23-21(24-18-10-5-3-6-11-18)22-13-9-15-28-14-8-4-7-12-20(28)29/h18H,3-16H2,1-2H3,(H2,22,23,24). The molecule has 0 radical (unpaired) electrons. The van der Waals surface area contributed by atoms with Crippen molar-refractivity contribution in [3.05, 3.63) is 11.6 Å². The molecule has 0 atom stereocenters. The number of guanidine groups is 1. The second kappa shape index (κ2) is 11.2. The van der Waals surface area contributed by atoms with Gasteiger partial charge in [-0.05, 0) is 39.0 Å². The smallest absolute Gasteiger partial charge is 0.222 e. The molecule has 3 rings (SSSR count). The van der Waals surface area contributed by atoms with Gasteiger partial charge in [-0.2, -0.15) is 0 Å². The van der Waals surface area contributed by atoms with Crippen molar-refractivity contribution in [2.45, 2.75) is 83.7 Å². The minimum absolute atomic E-state index is 0.314. The average Bonchev–Trinajstić information content (AvgIpc) is 2.91. The zero-order valence-electron chi connectivity index (χ0n) is 18.1. The molecule has 1 aromatic rings. The molecule has 1 aliphatic heterocycles. The number of amides is 1. The number of likely N-dealkylation sites (tertiary alicyclic amines) is 1. The summed E-state index contributed by atoms with van der Waals surface area (Å²) < 4.78 is 1.98. The van der Waals surface area contributed by atoms with E-state index in [2.05, 4.69) is 20.8 Å². The number of hydrogen-bond acceptors (Lipinski definition) is 4. The lowest BCUT2D eigenvalue weighted by atomic mass is 9.96. The van der Waals surface area contributed by atoms with Crippen LogP contribution in [0.4, 0.5) is 0 Å². The fourth-order valence-electron chi connectivity index (χ4n) is 4.08. The van der Waals surface area contributed by atoms with Crippen molar-refractivity contribution in [3.8, 4) is 0 Å². The van der Waals surface area contributed by atoms with E-state index in [1.807, 2.05) is 23.4 Å². The van der Waals surface area contributed by atoms with Gasteiger partial charge < -0.3 is 20.1 Å². The van der Waals surface area contributed by atoms with Gasteiger partial charge in [0.1, 0.15) is 12.4 Å². The number of aliphatic imine (C=N–C) groups is 1. The van der Waals surface area contributed by atoms with Gasteiger partial charge in [-0.1, -0.05) is 25.7 Å². The quantitative estimate of drug-likeness (QED) is 0.414. The largest absolute Gasteiger partial charge is 0.356 e. The van der Waals surface area contributed by atoms with Gasteiger partial charge in [0.25, 0.3) is 0 Å². The summed E-state index contributed by atoms with van der Waals surface area (Å²) in [6.07, 6.45) is 11.3. The van der Waals surface area contributed by atoms with E-state index >= 15 is 0 Å². The summed E-state index contributed by atoms with van der Waals surface area (Å²) in [4.78, 5) is 18.9. The highest BCUT2D eigenvalue weighted by Gasteiger charge is 2.17. The molecule has 2 N–H and O–H groups in total. The third-order valence-corrected chi connectivity index (χ3v) is 6.08. The van der Waals surface area contributed by atoms with E-state index in [1.165, 1.54) is 38.5 Å². The summed E-state index contributed by atoms with van der Waals surface area (Å²) in [5.74, 6) is 2.92. The van der Waals surface area contributed by atoms with E-state index in [0.717, 1.165) is 56.5 Å². The molecule has 8 nitrogen and oxygen atoms in total. The van der Waals surface area contributed by atoms with Crippen LogP contribution in [-0.2, 0) is 18.4 Å². The Bertz CT molecular complexity index is 679. The number of rotatable bonds is 7. The third-order valence-electron chi connectivity index (χ3n) is 6.08. The first kappa shape index (κ1) is 21.6. The maximum Gasteiger partial charge on any atom is 0.222 e. The molecule has 162 valence electrons. The third kappa shape index (κ3) is 6.72. The average molecular weight is 404 g/mol. The van der Waals surface area contributed by atoms with Crippen LogP contribution in [0.25, 0.3) is 0 Å². The van der Waals surface area contributed by atoms with Crippen molar-refractivity contribution in [2.75, 3.05) is 19.6 Å². The van der Waals surface area contributed by atoms with Crippen LogP contribution >= 0.6 is 0 Å². The molecule has 0 unspecified atom stereocenters. The predicted octanol–water partition coefficient (Wildman–Crippen LogP) is 2.28. The van der Waals surface area contributed by atoms with Crippen LogP contribution in [-0.4, -0.2) is 57.2 Å². The van der Waals surface area contributed by atoms with Crippen LogP contribution in [0.5, 0.6) is 0 Å². The number of hydrogen-bond donors (Lipinski definition) is 2. The normalized spacial score (nSPS) is 19.3. The molecule has 8 heteroatoms. The Hall–Kier alpha value is -2.12. The van der Waals surface area contributed by atoms with E-state index in [0.29, 0.717) is 24.9 Å². The van der Waals surface area contributed by atoms with Gasteiger partial charge in [-0.25, -0.2) is 4.99 Å². The fraction of sp³-hybridized carbons (Fsp3) is 0.810. The number of aromatic nitrogens is 3. The molecular weight excluding hydrogens is 366 g/mol. The molecule has 0 bridgehead atoms. The molecule has 1 saturated heterocycles. The zero-order chi connectivity index (χ0) is 20.5. The highest BCUT2D eigenvalue weighted by Crippen LogP contribution is 2.17. The van der Waals surface area contributed by atoms with Crippen LogP contribution in [0.2, 0.25) is 0 Å². The summed E-state index contributed by atoms with van der Waals surface area (Å²) >= 11 is 0. The second-order valence-corrected chi connectivity index (χ2v) is 8.34. The first-order valence-corrected chi connectivity index (χ1v) is 11.3. The summed E-state index contributed by atoms with van der Waals surface area (Å²) in [5, 5.41) is 15.4. The summed E-state index contributed by atoms with van der Waals surface area (Å²) in [7, 11) is 1.97. The molecule has 0 spiro atoms. The van der Waals surface area contributed by atoms with Crippen molar-refractivity contribution >= 4 is 11.9 Å². The van der Waals surface area contributed by atoms with E-state index < -0.39 is 0 Å². The van der Waals surface area contributed by atoms with Crippen molar-refractivity contribution in [1.82, 2.24) is 30.3 Å². The Morgan fingerprint density at radius 2 is 1.93 bits per heavy atom. The number of nitrogens with one attached hydrogen (secondary N) is 2. The van der Waals surface area contributed by atoms with Gasteiger partial charge in [0.15, 0.2) is 11.8 Å². The minimum Gasteiger partial charge on any atom is -0.356 e. The van der Waals surface area contributed by atoms with Gasteiger partial charge >= 0.3 is 0 Å². The Morgan fingerprint density at radius 3 is 2.69 bits per heavy atom.